The molecule has 2 heterocycles. The molecule has 0 spiro atoms. The second kappa shape index (κ2) is 5.19. The molecule has 8 nitrogen and oxygen atoms in total. The maximum atomic E-state index is 11.8. The lowest BCUT2D eigenvalue weighted by Gasteiger charge is -2.07. The number of rotatable bonds is 3. The number of hydrogen-bond acceptors (Lipinski definition) is 6. The normalized spacial score (nSPS) is 11.3. The summed E-state index contributed by atoms with van der Waals surface area (Å²) in [7, 11) is -2.73. The van der Waals surface area contributed by atoms with E-state index < -0.39 is 15.5 Å². The van der Waals surface area contributed by atoms with E-state index in [1.807, 2.05) is 0 Å². The van der Waals surface area contributed by atoms with Crippen molar-refractivity contribution < 1.29 is 13.2 Å². The van der Waals surface area contributed by atoms with Gasteiger partial charge in [-0.05, 0) is 6.07 Å². The van der Waals surface area contributed by atoms with Gasteiger partial charge in [0.1, 0.15) is 15.7 Å². The monoisotopic (exact) mass is 316 g/mol. The predicted octanol–water partition coefficient (Wildman–Crippen LogP) is 0.141. The molecule has 0 fully saturated rings. The van der Waals surface area contributed by atoms with E-state index in [0.717, 1.165) is 6.07 Å². The van der Waals surface area contributed by atoms with Gasteiger partial charge in [0.2, 0.25) is 21.3 Å². The number of pyridine rings is 1. The molecule has 20 heavy (non-hydrogen) atoms. The van der Waals surface area contributed by atoms with Crippen LogP contribution in [0.3, 0.4) is 0 Å². The molecule has 0 bridgehead atoms. The molecule has 0 atom stereocenters. The topological polar surface area (TPSA) is 128 Å². The van der Waals surface area contributed by atoms with Gasteiger partial charge < -0.3 is 4.74 Å². The third kappa shape index (κ3) is 2.79. The van der Waals surface area contributed by atoms with Crippen LogP contribution in [0.4, 0.5) is 0 Å². The Morgan fingerprint density at radius 3 is 2.60 bits per heavy atom. The summed E-state index contributed by atoms with van der Waals surface area (Å²) in [5.74, 6) is 0.114. The fraction of sp³-hybridized carbons (Fsp3) is 0.100. The van der Waals surface area contributed by atoms with Crippen molar-refractivity contribution in [3.63, 3.8) is 0 Å². The molecule has 2 aromatic rings. The highest BCUT2D eigenvalue weighted by Crippen LogP contribution is 2.23. The number of aromatic nitrogens is 3. The zero-order valence-electron chi connectivity index (χ0n) is 10.1. The van der Waals surface area contributed by atoms with Crippen LogP contribution in [0.5, 0.6) is 5.88 Å². The smallest absolute Gasteiger partial charge is 0.240 e. The molecule has 10 heteroatoms. The number of ether oxygens (including phenoxy) is 1. The van der Waals surface area contributed by atoms with Gasteiger partial charge in [0, 0.05) is 12.1 Å². The van der Waals surface area contributed by atoms with Crippen molar-refractivity contribution in [2.75, 3.05) is 7.11 Å². The van der Waals surface area contributed by atoms with Gasteiger partial charge in [-0.1, -0.05) is 11.6 Å². The first-order valence-electron chi connectivity index (χ1n) is 5.16. The van der Waals surface area contributed by atoms with Crippen molar-refractivity contribution in [2.45, 2.75) is 4.90 Å². The summed E-state index contributed by atoms with van der Waals surface area (Å²) < 4.78 is 28.0. The Bertz CT molecular complexity index is 818. The van der Waals surface area contributed by atoms with E-state index in [4.69, 9.17) is 21.5 Å². The van der Waals surface area contributed by atoms with E-state index in [1.165, 1.54) is 19.2 Å². The molecular weight excluding hydrogens is 308 g/mol. The van der Waals surface area contributed by atoms with E-state index in [0.29, 0.717) is 0 Å². The molecular formula is C10H9ClN4O4S. The quantitative estimate of drug-likeness (QED) is 0.829. The van der Waals surface area contributed by atoms with Crippen LogP contribution >= 0.6 is 11.6 Å². The largest absolute Gasteiger partial charge is 0.481 e. The Hall–Kier alpha value is -1.97. The molecule has 0 aliphatic heterocycles. The van der Waals surface area contributed by atoms with E-state index in [9.17, 15) is 13.2 Å². The number of nitrogens with zero attached hydrogens (tertiary/aromatic N) is 2. The van der Waals surface area contributed by atoms with Crippen molar-refractivity contribution in [1.29, 1.82) is 0 Å². The van der Waals surface area contributed by atoms with Crippen LogP contribution in [0.15, 0.2) is 27.9 Å². The van der Waals surface area contributed by atoms with Crippen LogP contribution in [0.2, 0.25) is 5.15 Å². The van der Waals surface area contributed by atoms with Gasteiger partial charge >= 0.3 is 0 Å². The van der Waals surface area contributed by atoms with Crippen molar-refractivity contribution >= 4 is 21.6 Å². The van der Waals surface area contributed by atoms with Crippen molar-refractivity contribution in [3.8, 4) is 17.3 Å². The average Bonchev–Trinajstić information content (AvgIpc) is 2.37. The number of halogens is 1. The number of nitrogens with one attached hydrogen (secondary N) is 1. The molecule has 3 N–H and O–H groups in total. The Balaban J connectivity index is 2.80. The Labute approximate surface area is 118 Å². The minimum Gasteiger partial charge on any atom is -0.481 e. The minimum absolute atomic E-state index is 0.0128. The van der Waals surface area contributed by atoms with Gasteiger partial charge in [-0.2, -0.15) is 5.10 Å². The van der Waals surface area contributed by atoms with Crippen LogP contribution in [0.1, 0.15) is 0 Å². The zero-order valence-corrected chi connectivity index (χ0v) is 11.7. The van der Waals surface area contributed by atoms with Crippen LogP contribution in [0, 0.1) is 0 Å². The first-order valence-corrected chi connectivity index (χ1v) is 7.09. The standard InChI is InChI=1S/C10H9ClN4O4S/c1-19-8-3-2-6(20(12,17)18)10(13-8)9-5(16)4-7(11)14-15-9/h2-4H,1H3,(H,14,16)(H2,12,17,18). The molecule has 0 aliphatic rings. The lowest BCUT2D eigenvalue weighted by atomic mass is 10.2. The first-order chi connectivity index (χ1) is 9.32. The molecule has 0 unspecified atom stereocenters. The van der Waals surface area contributed by atoms with Gasteiger partial charge in [0.05, 0.1) is 7.11 Å². The second-order valence-electron chi connectivity index (χ2n) is 3.67. The fourth-order valence-corrected chi connectivity index (χ4v) is 2.30. The van der Waals surface area contributed by atoms with Gasteiger partial charge in [-0.15, -0.1) is 0 Å². The third-order valence-corrected chi connectivity index (χ3v) is 3.47. The van der Waals surface area contributed by atoms with Gasteiger partial charge in [-0.25, -0.2) is 18.5 Å². The molecule has 0 aliphatic carbocycles. The van der Waals surface area contributed by atoms with Gasteiger partial charge in [0.15, 0.2) is 5.69 Å². The fourth-order valence-electron chi connectivity index (χ4n) is 1.49. The summed E-state index contributed by atoms with van der Waals surface area (Å²) >= 11 is 5.59. The predicted molar refractivity (Wildman–Crippen MR) is 71.0 cm³/mol. The molecule has 2 rings (SSSR count). The SMILES string of the molecule is COc1ccc(S(N)(=O)=O)c(-c2n[nH]c(Cl)cc2=O)n1. The van der Waals surface area contributed by atoms with Crippen molar-refractivity contribution in [2.24, 2.45) is 5.14 Å². The number of H-pyrrole nitrogens is 1. The Morgan fingerprint density at radius 1 is 1.35 bits per heavy atom. The highest BCUT2D eigenvalue weighted by Gasteiger charge is 2.21. The molecule has 106 valence electrons. The van der Waals surface area contributed by atoms with E-state index >= 15 is 0 Å². The average molecular weight is 317 g/mol. The van der Waals surface area contributed by atoms with E-state index in [2.05, 4.69) is 15.2 Å². The second-order valence-corrected chi connectivity index (χ2v) is 5.61. The number of aromatic amines is 1. The maximum absolute atomic E-state index is 11.8. The minimum atomic E-state index is -4.08. The summed E-state index contributed by atoms with van der Waals surface area (Å²) in [6.45, 7) is 0. The van der Waals surface area contributed by atoms with Gasteiger partial charge in [-0.3, -0.25) is 9.89 Å². The summed E-state index contributed by atoms with van der Waals surface area (Å²) in [6.07, 6.45) is 0. The van der Waals surface area contributed by atoms with E-state index in [1.54, 1.807) is 0 Å². The number of primary sulfonamides is 1. The molecule has 2 aromatic heterocycles. The molecule has 0 saturated heterocycles. The lowest BCUT2D eigenvalue weighted by molar-refractivity contribution is 0.397. The van der Waals surface area contributed by atoms with Crippen LogP contribution in [0.25, 0.3) is 11.4 Å². The van der Waals surface area contributed by atoms with Gasteiger partial charge in [0.25, 0.3) is 0 Å². The van der Waals surface area contributed by atoms with E-state index in [-0.39, 0.29) is 27.3 Å². The number of nitrogens with two attached hydrogens (primary N) is 1. The van der Waals surface area contributed by atoms with Crippen LogP contribution in [-0.4, -0.2) is 30.7 Å². The highest BCUT2D eigenvalue weighted by atomic mass is 35.5. The lowest BCUT2D eigenvalue weighted by Crippen LogP contribution is -2.17. The van der Waals surface area contributed by atoms with Crippen molar-refractivity contribution in [3.05, 3.63) is 33.6 Å². The summed E-state index contributed by atoms with van der Waals surface area (Å²) in [6, 6.07) is 3.55. The number of methoxy groups -OCH3 is 1. The highest BCUT2D eigenvalue weighted by molar-refractivity contribution is 7.89. The van der Waals surface area contributed by atoms with Crippen molar-refractivity contribution in [1.82, 2.24) is 15.2 Å². The first kappa shape index (κ1) is 14.4. The summed E-state index contributed by atoms with van der Waals surface area (Å²) in [5, 5.41) is 11.1. The third-order valence-electron chi connectivity index (χ3n) is 2.34. The summed E-state index contributed by atoms with van der Waals surface area (Å²) in [4.78, 5) is 15.4. The van der Waals surface area contributed by atoms with Crippen LogP contribution in [-0.2, 0) is 10.0 Å². The molecule has 0 radical (unpaired) electrons. The Kier molecular flexibility index (Phi) is 3.75. The Morgan fingerprint density at radius 2 is 2.05 bits per heavy atom. The zero-order chi connectivity index (χ0) is 14.9. The molecule has 0 aromatic carbocycles. The van der Waals surface area contributed by atoms with Crippen LogP contribution < -0.4 is 15.3 Å². The molecule has 0 saturated carbocycles. The number of sulfonamides is 1. The molecule has 0 amide bonds. The summed E-state index contributed by atoms with van der Waals surface area (Å²) in [5.41, 5.74) is -1.03. The maximum Gasteiger partial charge on any atom is 0.240 e. The number of hydrogen-bond donors (Lipinski definition) is 2.